The van der Waals surface area contributed by atoms with Gasteiger partial charge in [0, 0.05) is 22.0 Å². The standard InChI is InChI=1S/C14H18Cl2N2O/c1-17-8-13(19)18-9-14(5-2-6-14)11-4-3-10(15)7-12(11)16/h3-4,7,17H,2,5-6,8-9H2,1H3,(H,18,19). The van der Waals surface area contributed by atoms with Crippen molar-refractivity contribution in [2.45, 2.75) is 24.7 Å². The van der Waals surface area contributed by atoms with Crippen LogP contribution in [0.3, 0.4) is 0 Å². The highest BCUT2D eigenvalue weighted by atomic mass is 35.5. The van der Waals surface area contributed by atoms with Crippen molar-refractivity contribution >= 4 is 29.1 Å². The summed E-state index contributed by atoms with van der Waals surface area (Å²) in [6.45, 7) is 0.972. The number of rotatable bonds is 5. The fourth-order valence-corrected chi connectivity index (χ4v) is 3.16. The van der Waals surface area contributed by atoms with Crippen LogP contribution in [-0.2, 0) is 10.2 Å². The van der Waals surface area contributed by atoms with Crippen LogP contribution in [0.15, 0.2) is 18.2 Å². The lowest BCUT2D eigenvalue weighted by molar-refractivity contribution is -0.120. The predicted molar refractivity (Wildman–Crippen MR) is 78.9 cm³/mol. The molecule has 3 nitrogen and oxygen atoms in total. The Morgan fingerprint density at radius 3 is 2.63 bits per heavy atom. The lowest BCUT2D eigenvalue weighted by Gasteiger charge is -2.43. The van der Waals surface area contributed by atoms with Crippen LogP contribution >= 0.6 is 23.2 Å². The van der Waals surface area contributed by atoms with Crippen molar-refractivity contribution in [3.63, 3.8) is 0 Å². The number of amides is 1. The lowest BCUT2D eigenvalue weighted by Crippen LogP contribution is -2.47. The third-order valence-electron chi connectivity index (χ3n) is 3.77. The molecule has 1 amide bonds. The third kappa shape index (κ3) is 3.22. The quantitative estimate of drug-likeness (QED) is 0.878. The summed E-state index contributed by atoms with van der Waals surface area (Å²) in [5.74, 6) is 0.0128. The second-order valence-electron chi connectivity index (χ2n) is 5.07. The Labute approximate surface area is 123 Å². The number of halogens is 2. The molecule has 0 spiro atoms. The van der Waals surface area contributed by atoms with E-state index < -0.39 is 0 Å². The van der Waals surface area contributed by atoms with Crippen LogP contribution in [0.4, 0.5) is 0 Å². The molecular formula is C14H18Cl2N2O. The van der Waals surface area contributed by atoms with E-state index in [4.69, 9.17) is 23.2 Å². The third-order valence-corrected chi connectivity index (χ3v) is 4.32. The zero-order chi connectivity index (χ0) is 13.9. The first kappa shape index (κ1) is 14.6. The summed E-state index contributed by atoms with van der Waals surface area (Å²) < 4.78 is 0. The van der Waals surface area contributed by atoms with Gasteiger partial charge < -0.3 is 10.6 Å². The van der Waals surface area contributed by atoms with Gasteiger partial charge in [-0.3, -0.25) is 4.79 Å². The van der Waals surface area contributed by atoms with Gasteiger partial charge in [-0.1, -0.05) is 35.7 Å². The van der Waals surface area contributed by atoms with E-state index >= 15 is 0 Å². The first-order valence-electron chi connectivity index (χ1n) is 6.44. The molecule has 0 unspecified atom stereocenters. The number of hydrogen-bond acceptors (Lipinski definition) is 2. The van der Waals surface area contributed by atoms with Gasteiger partial charge >= 0.3 is 0 Å². The monoisotopic (exact) mass is 300 g/mol. The van der Waals surface area contributed by atoms with Crippen LogP contribution in [-0.4, -0.2) is 26.0 Å². The van der Waals surface area contributed by atoms with Gasteiger partial charge in [0.1, 0.15) is 0 Å². The maximum absolute atomic E-state index is 11.6. The van der Waals surface area contributed by atoms with Gasteiger partial charge in [0.15, 0.2) is 0 Å². The summed E-state index contributed by atoms with van der Waals surface area (Å²) in [6, 6.07) is 5.61. The molecule has 0 heterocycles. The maximum atomic E-state index is 11.6. The van der Waals surface area contributed by atoms with Crippen molar-refractivity contribution < 1.29 is 4.79 Å². The van der Waals surface area contributed by atoms with Gasteiger partial charge in [0.2, 0.25) is 5.91 Å². The number of likely N-dealkylation sites (N-methyl/N-ethyl adjacent to an activating group) is 1. The Morgan fingerprint density at radius 1 is 1.37 bits per heavy atom. The molecule has 1 aliphatic carbocycles. The Balaban J connectivity index is 2.11. The molecule has 1 aromatic rings. The van der Waals surface area contributed by atoms with Crippen molar-refractivity contribution in [2.75, 3.05) is 20.1 Å². The number of benzene rings is 1. The number of carbonyl (C=O) groups is 1. The Morgan fingerprint density at radius 2 is 2.11 bits per heavy atom. The fraction of sp³-hybridized carbons (Fsp3) is 0.500. The molecule has 2 rings (SSSR count). The van der Waals surface area contributed by atoms with E-state index in [9.17, 15) is 4.79 Å². The van der Waals surface area contributed by atoms with E-state index in [1.807, 2.05) is 12.1 Å². The molecule has 104 valence electrons. The normalized spacial score (nSPS) is 16.8. The minimum atomic E-state index is -0.0227. The highest BCUT2D eigenvalue weighted by Crippen LogP contribution is 2.46. The fourth-order valence-electron chi connectivity index (χ4n) is 2.56. The van der Waals surface area contributed by atoms with Gasteiger partial charge in [0.05, 0.1) is 6.54 Å². The van der Waals surface area contributed by atoms with Crippen molar-refractivity contribution in [2.24, 2.45) is 0 Å². The topological polar surface area (TPSA) is 41.1 Å². The molecule has 19 heavy (non-hydrogen) atoms. The minimum absolute atomic E-state index is 0.0128. The number of hydrogen-bond donors (Lipinski definition) is 2. The van der Waals surface area contributed by atoms with E-state index in [2.05, 4.69) is 10.6 Å². The molecule has 1 fully saturated rings. The Bertz CT molecular complexity index is 473. The second kappa shape index (κ2) is 6.12. The lowest BCUT2D eigenvalue weighted by atomic mass is 9.64. The smallest absolute Gasteiger partial charge is 0.233 e. The van der Waals surface area contributed by atoms with Gasteiger partial charge in [0.25, 0.3) is 0 Å². The van der Waals surface area contributed by atoms with Crippen LogP contribution in [0.1, 0.15) is 24.8 Å². The predicted octanol–water partition coefficient (Wildman–Crippen LogP) is 2.75. The molecule has 1 saturated carbocycles. The summed E-state index contributed by atoms with van der Waals surface area (Å²) in [6.07, 6.45) is 3.27. The molecule has 0 bridgehead atoms. The summed E-state index contributed by atoms with van der Waals surface area (Å²) in [5.41, 5.74) is 1.07. The molecule has 1 aromatic carbocycles. The zero-order valence-corrected chi connectivity index (χ0v) is 12.4. The second-order valence-corrected chi connectivity index (χ2v) is 5.91. The molecule has 5 heteroatoms. The van der Waals surface area contributed by atoms with Gasteiger partial charge in [-0.2, -0.15) is 0 Å². The zero-order valence-electron chi connectivity index (χ0n) is 10.9. The largest absolute Gasteiger partial charge is 0.354 e. The SMILES string of the molecule is CNCC(=O)NCC1(c2ccc(Cl)cc2Cl)CCC1. The highest BCUT2D eigenvalue weighted by molar-refractivity contribution is 6.35. The molecule has 2 N–H and O–H groups in total. The summed E-state index contributed by atoms with van der Waals surface area (Å²) >= 11 is 12.2. The van der Waals surface area contributed by atoms with Gasteiger partial charge in [-0.05, 0) is 37.6 Å². The summed E-state index contributed by atoms with van der Waals surface area (Å²) in [7, 11) is 1.76. The van der Waals surface area contributed by atoms with Gasteiger partial charge in [-0.15, -0.1) is 0 Å². The molecule has 0 aromatic heterocycles. The van der Waals surface area contributed by atoms with Gasteiger partial charge in [-0.25, -0.2) is 0 Å². The van der Waals surface area contributed by atoms with Crippen molar-refractivity contribution in [3.05, 3.63) is 33.8 Å². The van der Waals surface area contributed by atoms with E-state index in [1.165, 1.54) is 6.42 Å². The van der Waals surface area contributed by atoms with Crippen LogP contribution in [0, 0.1) is 0 Å². The molecule has 1 aliphatic rings. The van der Waals surface area contributed by atoms with E-state index in [1.54, 1.807) is 13.1 Å². The van der Waals surface area contributed by atoms with E-state index in [0.717, 1.165) is 18.4 Å². The first-order valence-corrected chi connectivity index (χ1v) is 7.20. The average molecular weight is 301 g/mol. The van der Waals surface area contributed by atoms with Crippen LogP contribution in [0.25, 0.3) is 0 Å². The van der Waals surface area contributed by atoms with Crippen molar-refractivity contribution in [1.29, 1.82) is 0 Å². The van der Waals surface area contributed by atoms with Crippen molar-refractivity contribution in [1.82, 2.24) is 10.6 Å². The van der Waals surface area contributed by atoms with Crippen LogP contribution in [0.2, 0.25) is 10.0 Å². The summed E-state index contributed by atoms with van der Waals surface area (Å²) in [4.78, 5) is 11.6. The number of carbonyl (C=O) groups excluding carboxylic acids is 1. The molecule has 0 atom stereocenters. The maximum Gasteiger partial charge on any atom is 0.233 e. The van der Waals surface area contributed by atoms with Crippen LogP contribution in [0.5, 0.6) is 0 Å². The average Bonchev–Trinajstić information content (AvgIpc) is 2.30. The first-order chi connectivity index (χ1) is 9.07. The van der Waals surface area contributed by atoms with E-state index in [-0.39, 0.29) is 11.3 Å². The van der Waals surface area contributed by atoms with Crippen molar-refractivity contribution in [3.8, 4) is 0 Å². The van der Waals surface area contributed by atoms with Crippen LogP contribution < -0.4 is 10.6 Å². The Kier molecular flexibility index (Phi) is 4.71. The minimum Gasteiger partial charge on any atom is -0.354 e. The summed E-state index contributed by atoms with van der Waals surface area (Å²) in [5, 5.41) is 7.15. The number of nitrogens with one attached hydrogen (secondary N) is 2. The molecular weight excluding hydrogens is 283 g/mol. The van der Waals surface area contributed by atoms with E-state index in [0.29, 0.717) is 23.1 Å². The highest BCUT2D eigenvalue weighted by Gasteiger charge is 2.40. The molecule has 0 aliphatic heterocycles. The molecule has 0 saturated heterocycles. The Hall–Kier alpha value is -0.770. The molecule has 0 radical (unpaired) electrons.